The highest BCUT2D eigenvalue weighted by Gasteiger charge is 2.20. The maximum absolute atomic E-state index is 6.21. The van der Waals surface area contributed by atoms with E-state index in [1.807, 2.05) is 12.1 Å². The van der Waals surface area contributed by atoms with E-state index < -0.39 is 0 Å². The van der Waals surface area contributed by atoms with Gasteiger partial charge in [0.15, 0.2) is 0 Å². The van der Waals surface area contributed by atoms with Crippen LogP contribution in [0.2, 0.25) is 0 Å². The summed E-state index contributed by atoms with van der Waals surface area (Å²) in [6, 6.07) is 36.7. The van der Waals surface area contributed by atoms with E-state index in [2.05, 4.69) is 107 Å². The normalized spacial score (nSPS) is 12.3. The average molecular weight is 437 g/mol. The molecule has 3 heterocycles. The van der Waals surface area contributed by atoms with Crippen molar-refractivity contribution in [2.45, 2.75) is 0 Å². The molecule has 0 saturated carbocycles. The molecule has 0 radical (unpaired) electrons. The molecule has 0 amide bonds. The number of nitrogens with zero attached hydrogens (tertiary/aromatic N) is 2. The molecule has 3 nitrogen and oxygen atoms in total. The summed E-state index contributed by atoms with van der Waals surface area (Å²) in [5.41, 5.74) is 7.91. The third kappa shape index (κ3) is 2.16. The first-order valence-corrected chi connectivity index (χ1v) is 11.6. The molecule has 8 aromatic rings. The molecule has 0 aliphatic carbocycles. The van der Waals surface area contributed by atoms with Crippen LogP contribution in [0, 0.1) is 0 Å². The lowest BCUT2D eigenvalue weighted by Crippen LogP contribution is -1.93. The number of fused-ring (bicyclic) bond motifs is 10. The van der Waals surface area contributed by atoms with Crippen molar-refractivity contribution in [3.63, 3.8) is 0 Å². The molecule has 0 spiro atoms. The summed E-state index contributed by atoms with van der Waals surface area (Å²) in [6.45, 7) is 0. The first-order chi connectivity index (χ1) is 16.8. The van der Waals surface area contributed by atoms with E-state index in [0.717, 1.165) is 16.6 Å². The second-order valence-electron chi connectivity index (χ2n) is 9.06. The van der Waals surface area contributed by atoms with Crippen LogP contribution in [0.15, 0.2) is 108 Å². The summed E-state index contributed by atoms with van der Waals surface area (Å²) in [7, 11) is 2.15. The van der Waals surface area contributed by atoms with Crippen molar-refractivity contribution in [3.8, 4) is 5.69 Å². The number of benzene rings is 5. The van der Waals surface area contributed by atoms with Crippen molar-refractivity contribution in [1.29, 1.82) is 0 Å². The zero-order valence-corrected chi connectivity index (χ0v) is 18.6. The SMILES string of the molecule is Cn1c2cc3oc4ccccc4c3cc2c2c3c4ccccc4n(-c4ccccc4)c3ccc21. The highest BCUT2D eigenvalue weighted by molar-refractivity contribution is 6.30. The fourth-order valence-electron chi connectivity index (χ4n) is 5.82. The smallest absolute Gasteiger partial charge is 0.137 e. The molecule has 8 rings (SSSR count). The molecule has 0 saturated heterocycles. The van der Waals surface area contributed by atoms with Crippen LogP contribution in [0.4, 0.5) is 0 Å². The summed E-state index contributed by atoms with van der Waals surface area (Å²) in [5, 5.41) is 7.46. The van der Waals surface area contributed by atoms with Gasteiger partial charge in [-0.25, -0.2) is 0 Å². The van der Waals surface area contributed by atoms with E-state index in [1.54, 1.807) is 0 Å². The van der Waals surface area contributed by atoms with Crippen molar-refractivity contribution in [3.05, 3.63) is 103 Å². The van der Waals surface area contributed by atoms with Gasteiger partial charge in [-0.15, -0.1) is 0 Å². The van der Waals surface area contributed by atoms with Crippen molar-refractivity contribution in [1.82, 2.24) is 9.13 Å². The maximum atomic E-state index is 6.21. The standard InChI is InChI=1S/C31H20N2O/c1-32-25-15-16-26-30(21-12-5-7-13-24(21)33(26)19-9-3-2-4-10-19)31(25)23-17-22-20-11-6-8-14-28(20)34-29(22)18-27(23)32/h2-18H,1H3. The monoisotopic (exact) mass is 436 g/mol. The van der Waals surface area contributed by atoms with Gasteiger partial charge in [0.1, 0.15) is 11.2 Å². The van der Waals surface area contributed by atoms with Crippen LogP contribution < -0.4 is 0 Å². The minimum Gasteiger partial charge on any atom is -0.456 e. The van der Waals surface area contributed by atoms with Gasteiger partial charge in [0.05, 0.1) is 16.6 Å². The topological polar surface area (TPSA) is 23.0 Å². The predicted octanol–water partition coefficient (Wildman–Crippen LogP) is 8.33. The lowest BCUT2D eigenvalue weighted by molar-refractivity contribution is 0.669. The van der Waals surface area contributed by atoms with Gasteiger partial charge >= 0.3 is 0 Å². The van der Waals surface area contributed by atoms with Crippen LogP contribution in [0.5, 0.6) is 0 Å². The Morgan fingerprint density at radius 1 is 0.500 bits per heavy atom. The predicted molar refractivity (Wildman–Crippen MR) is 142 cm³/mol. The molecule has 34 heavy (non-hydrogen) atoms. The van der Waals surface area contributed by atoms with E-state index in [9.17, 15) is 0 Å². The van der Waals surface area contributed by atoms with Gasteiger partial charge in [-0.2, -0.15) is 0 Å². The summed E-state index contributed by atoms with van der Waals surface area (Å²) in [6.07, 6.45) is 0. The molecule has 0 N–H and O–H groups in total. The van der Waals surface area contributed by atoms with Gasteiger partial charge < -0.3 is 13.6 Å². The highest BCUT2D eigenvalue weighted by atomic mass is 16.3. The summed E-state index contributed by atoms with van der Waals surface area (Å²) < 4.78 is 10.9. The number of hydrogen-bond acceptors (Lipinski definition) is 1. The van der Waals surface area contributed by atoms with Crippen molar-refractivity contribution in [2.75, 3.05) is 0 Å². The molecular formula is C31H20N2O. The minimum absolute atomic E-state index is 0.933. The fraction of sp³-hybridized carbons (Fsp3) is 0.0323. The van der Waals surface area contributed by atoms with Crippen LogP contribution in [-0.2, 0) is 7.05 Å². The zero-order chi connectivity index (χ0) is 22.4. The Morgan fingerprint density at radius 3 is 2.09 bits per heavy atom. The van der Waals surface area contributed by atoms with E-state index >= 15 is 0 Å². The number of aromatic nitrogens is 2. The van der Waals surface area contributed by atoms with E-state index in [1.165, 1.54) is 54.7 Å². The van der Waals surface area contributed by atoms with Gasteiger partial charge in [-0.3, -0.25) is 0 Å². The quantitative estimate of drug-likeness (QED) is 0.254. The number of hydrogen-bond donors (Lipinski definition) is 0. The Labute approximate surface area is 195 Å². The Bertz CT molecular complexity index is 2070. The van der Waals surface area contributed by atoms with Crippen molar-refractivity contribution >= 4 is 65.6 Å². The lowest BCUT2D eigenvalue weighted by atomic mass is 10.0. The van der Waals surface area contributed by atoms with Gasteiger partial charge in [0, 0.05) is 56.6 Å². The number of para-hydroxylation sites is 3. The molecule has 160 valence electrons. The largest absolute Gasteiger partial charge is 0.456 e. The van der Waals surface area contributed by atoms with Gasteiger partial charge in [-0.05, 0) is 42.5 Å². The molecular weight excluding hydrogens is 416 g/mol. The van der Waals surface area contributed by atoms with Crippen LogP contribution >= 0.6 is 0 Å². The third-order valence-corrected chi connectivity index (χ3v) is 7.32. The molecule has 0 aliphatic rings. The average Bonchev–Trinajstić information content (AvgIpc) is 3.51. The molecule has 0 unspecified atom stereocenters. The van der Waals surface area contributed by atoms with Crippen LogP contribution in [0.25, 0.3) is 71.2 Å². The van der Waals surface area contributed by atoms with Gasteiger partial charge in [-0.1, -0.05) is 54.6 Å². The third-order valence-electron chi connectivity index (χ3n) is 7.32. The van der Waals surface area contributed by atoms with Gasteiger partial charge in [0.2, 0.25) is 0 Å². The summed E-state index contributed by atoms with van der Waals surface area (Å²) >= 11 is 0. The van der Waals surface area contributed by atoms with Crippen LogP contribution in [0.1, 0.15) is 0 Å². The van der Waals surface area contributed by atoms with Crippen molar-refractivity contribution < 1.29 is 4.42 Å². The number of furan rings is 1. The Kier molecular flexibility index (Phi) is 3.33. The second kappa shape index (κ2) is 6.30. The Hall–Kier alpha value is -4.50. The Morgan fingerprint density at radius 2 is 1.21 bits per heavy atom. The molecule has 3 aromatic heterocycles. The minimum atomic E-state index is 0.933. The summed E-state index contributed by atoms with van der Waals surface area (Å²) in [4.78, 5) is 0. The fourth-order valence-corrected chi connectivity index (χ4v) is 5.82. The Balaban J connectivity index is 1.63. The first-order valence-electron chi connectivity index (χ1n) is 11.6. The molecule has 0 aliphatic heterocycles. The van der Waals surface area contributed by atoms with E-state index in [-0.39, 0.29) is 0 Å². The van der Waals surface area contributed by atoms with Crippen LogP contribution in [-0.4, -0.2) is 9.13 Å². The molecule has 0 bridgehead atoms. The second-order valence-corrected chi connectivity index (χ2v) is 9.06. The first kappa shape index (κ1) is 18.0. The molecule has 3 heteroatoms. The lowest BCUT2D eigenvalue weighted by Gasteiger charge is -2.07. The molecule has 0 fully saturated rings. The van der Waals surface area contributed by atoms with E-state index in [0.29, 0.717) is 0 Å². The molecule has 0 atom stereocenters. The zero-order valence-electron chi connectivity index (χ0n) is 18.6. The van der Waals surface area contributed by atoms with Gasteiger partial charge in [0.25, 0.3) is 0 Å². The highest BCUT2D eigenvalue weighted by Crippen LogP contribution is 2.42. The van der Waals surface area contributed by atoms with Crippen molar-refractivity contribution in [2.24, 2.45) is 7.05 Å². The van der Waals surface area contributed by atoms with Crippen LogP contribution in [0.3, 0.4) is 0 Å². The maximum Gasteiger partial charge on any atom is 0.137 e. The van der Waals surface area contributed by atoms with E-state index in [4.69, 9.17) is 4.42 Å². The summed E-state index contributed by atoms with van der Waals surface area (Å²) in [5.74, 6) is 0. The number of rotatable bonds is 1. The molecule has 5 aromatic carbocycles. The number of aryl methyl sites for hydroxylation is 1.